The lowest BCUT2D eigenvalue weighted by Crippen LogP contribution is -2.43. The van der Waals surface area contributed by atoms with E-state index < -0.39 is 0 Å². The molecule has 2 heterocycles. The van der Waals surface area contributed by atoms with Gasteiger partial charge in [0, 0.05) is 60.9 Å². The van der Waals surface area contributed by atoms with Crippen molar-refractivity contribution in [2.75, 3.05) is 26.2 Å². The normalized spacial score (nSPS) is 17.2. The van der Waals surface area contributed by atoms with Crippen LogP contribution in [0.25, 0.3) is 10.9 Å². The van der Waals surface area contributed by atoms with Crippen molar-refractivity contribution in [1.29, 1.82) is 0 Å². The molecule has 0 spiro atoms. The quantitative estimate of drug-likeness (QED) is 0.931. The fraction of sp³-hybridized carbons (Fsp3) is 0.467. The van der Waals surface area contributed by atoms with Gasteiger partial charge in [0.1, 0.15) is 0 Å². The van der Waals surface area contributed by atoms with Gasteiger partial charge in [-0.05, 0) is 25.1 Å². The first-order valence-electron chi connectivity index (χ1n) is 6.99. The van der Waals surface area contributed by atoms with Crippen LogP contribution in [-0.4, -0.2) is 35.6 Å². The molecule has 19 heavy (non-hydrogen) atoms. The number of nitrogens with one attached hydrogen (secondary N) is 1. The average Bonchev–Trinajstić information content (AvgIpc) is 2.79. The van der Waals surface area contributed by atoms with Crippen molar-refractivity contribution in [1.82, 2.24) is 14.8 Å². The van der Waals surface area contributed by atoms with Crippen molar-refractivity contribution >= 4 is 22.5 Å². The molecule has 0 unspecified atom stereocenters. The lowest BCUT2D eigenvalue weighted by Gasteiger charge is -2.27. The van der Waals surface area contributed by atoms with E-state index >= 15 is 0 Å². The second-order valence-electron chi connectivity index (χ2n) is 5.08. The summed E-state index contributed by atoms with van der Waals surface area (Å²) in [4.78, 5) is 2.50. The van der Waals surface area contributed by atoms with Gasteiger partial charge in [0.15, 0.2) is 0 Å². The highest BCUT2D eigenvalue weighted by Crippen LogP contribution is 2.27. The Morgan fingerprint density at radius 2 is 2.05 bits per heavy atom. The number of hydrogen-bond acceptors (Lipinski definition) is 2. The Morgan fingerprint density at radius 3 is 2.79 bits per heavy atom. The summed E-state index contributed by atoms with van der Waals surface area (Å²) in [6, 6.07) is 8.42. The Kier molecular flexibility index (Phi) is 3.78. The van der Waals surface area contributed by atoms with Crippen LogP contribution < -0.4 is 5.32 Å². The van der Waals surface area contributed by atoms with E-state index in [2.05, 4.69) is 33.8 Å². The SMILES string of the molecule is CCn1c(CN2CCNCC2)cc2c(Cl)cccc21. The molecule has 1 aliphatic rings. The fourth-order valence-electron chi connectivity index (χ4n) is 2.91. The van der Waals surface area contributed by atoms with Crippen molar-refractivity contribution in [3.8, 4) is 0 Å². The molecule has 1 N–H and O–H groups in total. The molecule has 1 fully saturated rings. The van der Waals surface area contributed by atoms with Gasteiger partial charge in [-0.1, -0.05) is 17.7 Å². The van der Waals surface area contributed by atoms with E-state index in [-0.39, 0.29) is 0 Å². The summed E-state index contributed by atoms with van der Waals surface area (Å²) >= 11 is 6.31. The van der Waals surface area contributed by atoms with E-state index in [0.717, 1.165) is 44.3 Å². The molecule has 3 rings (SSSR count). The molecule has 0 aliphatic carbocycles. The number of benzene rings is 1. The van der Waals surface area contributed by atoms with Gasteiger partial charge in [0.2, 0.25) is 0 Å². The zero-order valence-corrected chi connectivity index (χ0v) is 12.1. The highest BCUT2D eigenvalue weighted by atomic mass is 35.5. The Labute approximate surface area is 119 Å². The zero-order chi connectivity index (χ0) is 13.2. The van der Waals surface area contributed by atoms with Crippen LogP contribution in [0.2, 0.25) is 5.02 Å². The molecule has 1 aromatic heterocycles. The van der Waals surface area contributed by atoms with Crippen LogP contribution in [0.3, 0.4) is 0 Å². The molecule has 102 valence electrons. The lowest BCUT2D eigenvalue weighted by atomic mass is 10.2. The third-order valence-electron chi connectivity index (χ3n) is 3.89. The number of piperazine rings is 1. The number of fused-ring (bicyclic) bond motifs is 1. The number of hydrogen-bond donors (Lipinski definition) is 1. The summed E-state index contributed by atoms with van der Waals surface area (Å²) < 4.78 is 2.38. The van der Waals surface area contributed by atoms with E-state index in [0.29, 0.717) is 0 Å². The monoisotopic (exact) mass is 277 g/mol. The first-order valence-corrected chi connectivity index (χ1v) is 7.37. The molecule has 0 saturated carbocycles. The zero-order valence-electron chi connectivity index (χ0n) is 11.3. The molecule has 2 aromatic rings. The van der Waals surface area contributed by atoms with Gasteiger partial charge >= 0.3 is 0 Å². The third-order valence-corrected chi connectivity index (χ3v) is 4.22. The van der Waals surface area contributed by atoms with Crippen LogP contribution in [-0.2, 0) is 13.1 Å². The van der Waals surface area contributed by atoms with Crippen LogP contribution in [0, 0.1) is 0 Å². The Balaban J connectivity index is 1.95. The smallest absolute Gasteiger partial charge is 0.0499 e. The van der Waals surface area contributed by atoms with Crippen molar-refractivity contribution < 1.29 is 0 Å². The number of nitrogens with zero attached hydrogens (tertiary/aromatic N) is 2. The molecule has 1 aromatic carbocycles. The first kappa shape index (κ1) is 13.0. The van der Waals surface area contributed by atoms with Gasteiger partial charge < -0.3 is 9.88 Å². The van der Waals surface area contributed by atoms with Crippen LogP contribution in [0.15, 0.2) is 24.3 Å². The molecule has 1 aliphatic heterocycles. The van der Waals surface area contributed by atoms with Crippen molar-refractivity contribution in [3.63, 3.8) is 0 Å². The topological polar surface area (TPSA) is 20.2 Å². The Bertz CT molecular complexity index is 570. The standard InChI is InChI=1S/C15H20ClN3/c1-2-19-12(11-18-8-6-17-7-9-18)10-13-14(16)4-3-5-15(13)19/h3-5,10,17H,2,6-9,11H2,1H3. The molecular weight excluding hydrogens is 258 g/mol. The number of aromatic nitrogens is 1. The maximum absolute atomic E-state index is 6.31. The maximum Gasteiger partial charge on any atom is 0.0499 e. The predicted molar refractivity (Wildman–Crippen MR) is 80.8 cm³/mol. The molecule has 0 amide bonds. The predicted octanol–water partition coefficient (Wildman–Crippen LogP) is 2.72. The number of rotatable bonds is 3. The molecule has 1 saturated heterocycles. The molecule has 4 heteroatoms. The van der Waals surface area contributed by atoms with Gasteiger partial charge in [-0.25, -0.2) is 0 Å². The Hall–Kier alpha value is -1.03. The minimum Gasteiger partial charge on any atom is -0.344 e. The van der Waals surface area contributed by atoms with E-state index in [4.69, 9.17) is 11.6 Å². The molecule has 3 nitrogen and oxygen atoms in total. The molecular formula is C15H20ClN3. The summed E-state index contributed by atoms with van der Waals surface area (Å²) in [6.07, 6.45) is 0. The maximum atomic E-state index is 6.31. The molecule has 0 atom stereocenters. The number of aryl methyl sites for hydroxylation is 1. The second kappa shape index (κ2) is 5.53. The lowest BCUT2D eigenvalue weighted by molar-refractivity contribution is 0.228. The second-order valence-corrected chi connectivity index (χ2v) is 5.49. The van der Waals surface area contributed by atoms with E-state index in [9.17, 15) is 0 Å². The molecule has 0 radical (unpaired) electrons. The van der Waals surface area contributed by atoms with E-state index in [1.807, 2.05) is 12.1 Å². The summed E-state index contributed by atoms with van der Waals surface area (Å²) in [5, 5.41) is 5.43. The van der Waals surface area contributed by atoms with Crippen molar-refractivity contribution in [3.05, 3.63) is 35.0 Å². The van der Waals surface area contributed by atoms with Crippen molar-refractivity contribution in [2.45, 2.75) is 20.0 Å². The summed E-state index contributed by atoms with van der Waals surface area (Å²) in [6.45, 7) is 8.63. The van der Waals surface area contributed by atoms with Crippen LogP contribution >= 0.6 is 11.6 Å². The Morgan fingerprint density at radius 1 is 1.26 bits per heavy atom. The van der Waals surface area contributed by atoms with Gasteiger partial charge in [0.25, 0.3) is 0 Å². The van der Waals surface area contributed by atoms with Crippen LogP contribution in [0.1, 0.15) is 12.6 Å². The summed E-state index contributed by atoms with van der Waals surface area (Å²) in [7, 11) is 0. The van der Waals surface area contributed by atoms with E-state index in [1.165, 1.54) is 16.6 Å². The van der Waals surface area contributed by atoms with E-state index in [1.54, 1.807) is 0 Å². The minimum atomic E-state index is 0.853. The third kappa shape index (κ3) is 2.50. The summed E-state index contributed by atoms with van der Waals surface area (Å²) in [5.74, 6) is 0. The van der Waals surface area contributed by atoms with Gasteiger partial charge in [-0.2, -0.15) is 0 Å². The van der Waals surface area contributed by atoms with Crippen LogP contribution in [0.5, 0.6) is 0 Å². The highest BCUT2D eigenvalue weighted by Gasteiger charge is 2.15. The minimum absolute atomic E-state index is 0.853. The van der Waals surface area contributed by atoms with Crippen molar-refractivity contribution in [2.24, 2.45) is 0 Å². The average molecular weight is 278 g/mol. The van der Waals surface area contributed by atoms with Gasteiger partial charge in [-0.3, -0.25) is 4.90 Å². The highest BCUT2D eigenvalue weighted by molar-refractivity contribution is 6.35. The fourth-order valence-corrected chi connectivity index (χ4v) is 3.13. The van der Waals surface area contributed by atoms with Crippen LogP contribution in [0.4, 0.5) is 0 Å². The number of halogens is 1. The molecule has 0 bridgehead atoms. The largest absolute Gasteiger partial charge is 0.344 e. The summed E-state index contributed by atoms with van der Waals surface area (Å²) in [5.41, 5.74) is 2.62. The van der Waals surface area contributed by atoms with Gasteiger partial charge in [-0.15, -0.1) is 0 Å². The first-order chi connectivity index (χ1) is 9.29. The van der Waals surface area contributed by atoms with Gasteiger partial charge in [0.05, 0.1) is 0 Å².